The number of nitrogens with zero attached hydrogens (tertiary/aromatic N) is 2. The Morgan fingerprint density at radius 1 is 1.00 bits per heavy atom. The summed E-state index contributed by atoms with van der Waals surface area (Å²) in [5, 5.41) is 9.70. The zero-order valence-electron chi connectivity index (χ0n) is 14.8. The molecule has 1 N–H and O–H groups in total. The Balaban J connectivity index is 1.76. The number of fused-ring (bicyclic) bond motifs is 1. The number of imidazole rings is 1. The van der Waals surface area contributed by atoms with E-state index in [1.54, 1.807) is 6.20 Å². The molecule has 0 atom stereocenters. The van der Waals surface area contributed by atoms with Gasteiger partial charge in [0.15, 0.2) is 4.77 Å². The first-order valence-electron chi connectivity index (χ1n) is 8.64. The molecule has 0 aliphatic carbocycles. The molecule has 0 aliphatic heterocycles. The quantitative estimate of drug-likeness (QED) is 0.346. The van der Waals surface area contributed by atoms with Crippen molar-refractivity contribution in [2.45, 2.75) is 6.92 Å². The first kappa shape index (κ1) is 17.0. The van der Waals surface area contributed by atoms with E-state index in [0.29, 0.717) is 10.3 Å². The third kappa shape index (κ3) is 3.33. The Morgan fingerprint density at radius 2 is 1.70 bits per heavy atom. The average molecular weight is 367 g/mol. The molecule has 0 radical (unpaired) electrons. The van der Waals surface area contributed by atoms with Crippen LogP contribution in [-0.2, 0) is 0 Å². The minimum Gasteiger partial charge on any atom is -0.330 e. The Labute approximate surface area is 162 Å². The molecule has 0 bridgehead atoms. The van der Waals surface area contributed by atoms with E-state index < -0.39 is 0 Å². The van der Waals surface area contributed by atoms with E-state index in [1.165, 1.54) is 0 Å². The van der Waals surface area contributed by atoms with E-state index in [4.69, 9.17) is 12.2 Å². The number of aromatic amines is 1. The van der Waals surface area contributed by atoms with E-state index in [2.05, 4.69) is 29.3 Å². The number of allylic oxidation sites excluding steroid dienone is 1. The molecule has 0 aliphatic rings. The normalized spacial score (nSPS) is 11.5. The SMILES string of the molecule is Cc1ccc2c(c1)[nH]c(=S)n2/C=C(\C#N)c1ccc(-c2ccccc2)cc1. The van der Waals surface area contributed by atoms with Crippen LogP contribution in [0.2, 0.25) is 0 Å². The van der Waals surface area contributed by atoms with Crippen molar-refractivity contribution in [3.63, 3.8) is 0 Å². The second kappa shape index (κ2) is 7.06. The van der Waals surface area contributed by atoms with Crippen LogP contribution in [0.1, 0.15) is 11.1 Å². The summed E-state index contributed by atoms with van der Waals surface area (Å²) in [6, 6.07) is 26.6. The van der Waals surface area contributed by atoms with Crippen LogP contribution in [0.3, 0.4) is 0 Å². The lowest BCUT2D eigenvalue weighted by atomic mass is 10.0. The van der Waals surface area contributed by atoms with Crippen LogP contribution < -0.4 is 0 Å². The summed E-state index contributed by atoms with van der Waals surface area (Å²) in [5.74, 6) is 0. The highest BCUT2D eigenvalue weighted by molar-refractivity contribution is 7.71. The smallest absolute Gasteiger partial charge is 0.182 e. The highest BCUT2D eigenvalue weighted by atomic mass is 32.1. The summed E-state index contributed by atoms with van der Waals surface area (Å²) in [6.45, 7) is 2.04. The van der Waals surface area contributed by atoms with Crippen molar-refractivity contribution in [1.82, 2.24) is 9.55 Å². The highest BCUT2D eigenvalue weighted by Gasteiger charge is 2.07. The van der Waals surface area contributed by atoms with Crippen molar-refractivity contribution in [2.75, 3.05) is 0 Å². The molecule has 4 heteroatoms. The fourth-order valence-corrected chi connectivity index (χ4v) is 3.40. The summed E-state index contributed by atoms with van der Waals surface area (Å²) in [5.41, 5.74) is 6.78. The molecule has 0 spiro atoms. The number of benzene rings is 3. The first-order valence-corrected chi connectivity index (χ1v) is 9.05. The second-order valence-electron chi connectivity index (χ2n) is 6.42. The van der Waals surface area contributed by atoms with E-state index in [0.717, 1.165) is 33.3 Å². The molecule has 130 valence electrons. The minimum absolute atomic E-state index is 0.562. The van der Waals surface area contributed by atoms with Gasteiger partial charge in [-0.1, -0.05) is 60.7 Å². The Morgan fingerprint density at radius 3 is 2.41 bits per heavy atom. The van der Waals surface area contributed by atoms with Crippen molar-refractivity contribution in [3.05, 3.63) is 88.7 Å². The van der Waals surface area contributed by atoms with Gasteiger partial charge in [0.25, 0.3) is 0 Å². The molecule has 27 heavy (non-hydrogen) atoms. The van der Waals surface area contributed by atoms with Crippen LogP contribution in [0.25, 0.3) is 33.9 Å². The Bertz CT molecular complexity index is 1240. The van der Waals surface area contributed by atoms with Crippen LogP contribution in [0.5, 0.6) is 0 Å². The van der Waals surface area contributed by atoms with Gasteiger partial charge in [0.05, 0.1) is 16.6 Å². The number of hydrogen-bond donors (Lipinski definition) is 1. The van der Waals surface area contributed by atoms with Gasteiger partial charge in [-0.05, 0) is 53.5 Å². The maximum absolute atomic E-state index is 9.70. The number of aryl methyl sites for hydroxylation is 1. The van der Waals surface area contributed by atoms with Crippen molar-refractivity contribution in [1.29, 1.82) is 5.26 Å². The summed E-state index contributed by atoms with van der Waals surface area (Å²) >= 11 is 5.45. The summed E-state index contributed by atoms with van der Waals surface area (Å²) in [7, 11) is 0. The highest BCUT2D eigenvalue weighted by Crippen LogP contribution is 2.24. The molecule has 0 saturated heterocycles. The Hall–Kier alpha value is -3.42. The lowest BCUT2D eigenvalue weighted by molar-refractivity contribution is 1.14. The maximum Gasteiger partial charge on any atom is 0.182 e. The number of rotatable bonds is 3. The minimum atomic E-state index is 0.562. The number of hydrogen-bond acceptors (Lipinski definition) is 2. The fraction of sp³-hybridized carbons (Fsp3) is 0.0435. The summed E-state index contributed by atoms with van der Waals surface area (Å²) in [4.78, 5) is 3.20. The molecule has 1 heterocycles. The monoisotopic (exact) mass is 367 g/mol. The fourth-order valence-electron chi connectivity index (χ4n) is 3.14. The van der Waals surface area contributed by atoms with Gasteiger partial charge in [-0.2, -0.15) is 5.26 Å². The lowest BCUT2D eigenvalue weighted by Gasteiger charge is -2.05. The van der Waals surface area contributed by atoms with Crippen LogP contribution in [0.15, 0.2) is 72.8 Å². The molecule has 0 fully saturated rings. The van der Waals surface area contributed by atoms with Gasteiger partial charge in [0, 0.05) is 6.20 Å². The predicted molar refractivity (Wildman–Crippen MR) is 114 cm³/mol. The van der Waals surface area contributed by atoms with Crippen LogP contribution in [0.4, 0.5) is 0 Å². The lowest BCUT2D eigenvalue weighted by Crippen LogP contribution is -1.90. The van der Waals surface area contributed by atoms with Gasteiger partial charge in [-0.15, -0.1) is 0 Å². The van der Waals surface area contributed by atoms with Crippen molar-refractivity contribution < 1.29 is 0 Å². The molecule has 3 nitrogen and oxygen atoms in total. The van der Waals surface area contributed by atoms with E-state index in [1.807, 2.05) is 66.1 Å². The first-order chi connectivity index (χ1) is 13.2. The zero-order valence-corrected chi connectivity index (χ0v) is 15.6. The van der Waals surface area contributed by atoms with Crippen LogP contribution >= 0.6 is 12.2 Å². The number of H-pyrrole nitrogens is 1. The molecule has 4 rings (SSSR count). The molecule has 4 aromatic rings. The summed E-state index contributed by atoms with van der Waals surface area (Å²) in [6.07, 6.45) is 1.80. The number of nitriles is 1. The van der Waals surface area contributed by atoms with E-state index >= 15 is 0 Å². The van der Waals surface area contributed by atoms with Crippen molar-refractivity contribution in [3.8, 4) is 17.2 Å². The Kier molecular flexibility index (Phi) is 4.45. The van der Waals surface area contributed by atoms with Crippen LogP contribution in [-0.4, -0.2) is 9.55 Å². The van der Waals surface area contributed by atoms with Gasteiger partial charge >= 0.3 is 0 Å². The molecule has 0 amide bonds. The molecule has 0 saturated carbocycles. The largest absolute Gasteiger partial charge is 0.330 e. The van der Waals surface area contributed by atoms with Gasteiger partial charge < -0.3 is 4.98 Å². The van der Waals surface area contributed by atoms with Gasteiger partial charge in [0.1, 0.15) is 6.07 Å². The zero-order chi connectivity index (χ0) is 18.8. The topological polar surface area (TPSA) is 44.5 Å². The van der Waals surface area contributed by atoms with Crippen molar-refractivity contribution in [2.24, 2.45) is 0 Å². The van der Waals surface area contributed by atoms with Crippen LogP contribution in [0, 0.1) is 23.0 Å². The molecule has 1 aromatic heterocycles. The maximum atomic E-state index is 9.70. The predicted octanol–water partition coefficient (Wildman–Crippen LogP) is 6.20. The van der Waals surface area contributed by atoms with Gasteiger partial charge in [-0.25, -0.2) is 0 Å². The van der Waals surface area contributed by atoms with Crippen molar-refractivity contribution >= 4 is 35.0 Å². The van der Waals surface area contributed by atoms with Gasteiger partial charge in [0.2, 0.25) is 0 Å². The molecular weight excluding hydrogens is 350 g/mol. The van der Waals surface area contributed by atoms with Gasteiger partial charge in [-0.3, -0.25) is 4.57 Å². The molecule has 0 unspecified atom stereocenters. The third-order valence-corrected chi connectivity index (χ3v) is 4.85. The third-order valence-electron chi connectivity index (χ3n) is 4.55. The van der Waals surface area contributed by atoms with E-state index in [-0.39, 0.29) is 0 Å². The average Bonchev–Trinajstić information content (AvgIpc) is 3.01. The van der Waals surface area contributed by atoms with E-state index in [9.17, 15) is 5.26 Å². The number of nitrogens with one attached hydrogen (secondary N) is 1. The standard InChI is InChI=1S/C23H17N3S/c1-16-7-12-22-21(13-16)25-23(27)26(22)15-20(14-24)19-10-8-18(9-11-19)17-5-3-2-4-6-17/h2-13,15H,1H3,(H,25,27)/b20-15+. The number of aromatic nitrogens is 2. The summed E-state index contributed by atoms with van der Waals surface area (Å²) < 4.78 is 2.43. The molecular formula is C23H17N3S. The molecule has 3 aromatic carbocycles. The second-order valence-corrected chi connectivity index (χ2v) is 6.81.